The predicted molar refractivity (Wildman–Crippen MR) is 113 cm³/mol. The Labute approximate surface area is 176 Å². The van der Waals surface area contributed by atoms with Crippen molar-refractivity contribution in [3.63, 3.8) is 0 Å². The van der Waals surface area contributed by atoms with Crippen LogP contribution in [0.15, 0.2) is 42.5 Å². The molecule has 0 radical (unpaired) electrons. The van der Waals surface area contributed by atoms with Crippen molar-refractivity contribution in [2.75, 3.05) is 19.9 Å². The lowest BCUT2D eigenvalue weighted by Gasteiger charge is -2.28. The lowest BCUT2D eigenvalue weighted by molar-refractivity contribution is -0.129. The molecule has 6 heteroatoms. The second kappa shape index (κ2) is 9.06. The Morgan fingerprint density at radius 3 is 2.76 bits per heavy atom. The number of fused-ring (bicyclic) bond motifs is 1. The lowest BCUT2D eigenvalue weighted by atomic mass is 10.00. The van der Waals surface area contributed by atoms with Gasteiger partial charge in [-0.2, -0.15) is 0 Å². The van der Waals surface area contributed by atoms with Crippen LogP contribution in [0, 0.1) is 0 Å². The van der Waals surface area contributed by atoms with Gasteiger partial charge in [0, 0.05) is 36.6 Å². The van der Waals surface area contributed by atoms with Gasteiger partial charge in [-0.25, -0.2) is 0 Å². The van der Waals surface area contributed by atoms with Crippen LogP contribution in [0.25, 0.3) is 0 Å². The van der Waals surface area contributed by atoms with Crippen molar-refractivity contribution in [1.29, 1.82) is 0 Å². The molecule has 29 heavy (non-hydrogen) atoms. The van der Waals surface area contributed by atoms with Gasteiger partial charge in [0.1, 0.15) is 0 Å². The number of hydrogen-bond donors (Lipinski definition) is 1. The van der Waals surface area contributed by atoms with Gasteiger partial charge in [-0.1, -0.05) is 48.9 Å². The first kappa shape index (κ1) is 20.0. The number of halogens is 1. The molecule has 1 N–H and O–H groups in total. The normalized spacial score (nSPS) is 19.0. The number of amides is 1. The van der Waals surface area contributed by atoms with Gasteiger partial charge in [0.05, 0.1) is 0 Å². The van der Waals surface area contributed by atoms with Crippen LogP contribution in [0.4, 0.5) is 0 Å². The summed E-state index contributed by atoms with van der Waals surface area (Å²) in [6.45, 7) is 4.71. The van der Waals surface area contributed by atoms with E-state index >= 15 is 0 Å². The van der Waals surface area contributed by atoms with Crippen molar-refractivity contribution in [2.24, 2.45) is 0 Å². The fourth-order valence-electron chi connectivity index (χ4n) is 4.11. The summed E-state index contributed by atoms with van der Waals surface area (Å²) < 4.78 is 10.8. The fraction of sp³-hybridized carbons (Fsp3) is 0.435. The zero-order valence-corrected chi connectivity index (χ0v) is 17.5. The molecule has 0 aliphatic carbocycles. The average molecular weight is 415 g/mol. The van der Waals surface area contributed by atoms with Crippen molar-refractivity contribution in [3.8, 4) is 11.5 Å². The number of nitrogens with one attached hydrogen (secondary N) is 1. The topological polar surface area (TPSA) is 50.8 Å². The number of ether oxygens (including phenoxy) is 2. The Morgan fingerprint density at radius 2 is 1.97 bits per heavy atom. The highest BCUT2D eigenvalue weighted by Gasteiger charge is 2.31. The van der Waals surface area contributed by atoms with Crippen LogP contribution in [0.3, 0.4) is 0 Å². The molecule has 2 aliphatic rings. The number of likely N-dealkylation sites (tertiary alicyclic amines) is 1. The molecule has 2 heterocycles. The summed E-state index contributed by atoms with van der Waals surface area (Å²) >= 11 is 6.34. The van der Waals surface area contributed by atoms with Crippen LogP contribution >= 0.6 is 11.6 Å². The van der Waals surface area contributed by atoms with Gasteiger partial charge in [-0.05, 0) is 42.5 Å². The zero-order valence-electron chi connectivity index (χ0n) is 16.7. The van der Waals surface area contributed by atoms with Gasteiger partial charge in [0.2, 0.25) is 12.7 Å². The molecule has 1 fully saturated rings. The molecule has 4 rings (SSSR count). The second-order valence-corrected chi connectivity index (χ2v) is 8.22. The maximum absolute atomic E-state index is 12.4. The predicted octanol–water partition coefficient (Wildman–Crippen LogP) is 4.34. The minimum absolute atomic E-state index is 0.246. The third kappa shape index (κ3) is 4.68. The molecule has 2 aromatic rings. The van der Waals surface area contributed by atoms with E-state index in [4.69, 9.17) is 21.1 Å². The Bertz CT molecular complexity index is 859. The molecule has 2 aromatic carbocycles. The molecule has 0 aromatic heterocycles. The van der Waals surface area contributed by atoms with Crippen molar-refractivity contribution < 1.29 is 14.3 Å². The maximum Gasteiger partial charge on any atom is 0.231 e. The summed E-state index contributed by atoms with van der Waals surface area (Å²) in [4.78, 5) is 14.5. The summed E-state index contributed by atoms with van der Waals surface area (Å²) in [6.07, 6.45) is 2.53. The zero-order chi connectivity index (χ0) is 20.2. The Morgan fingerprint density at radius 1 is 1.21 bits per heavy atom. The van der Waals surface area contributed by atoms with E-state index in [2.05, 4.69) is 41.4 Å². The molecule has 2 atom stereocenters. The first-order chi connectivity index (χ1) is 14.1. The van der Waals surface area contributed by atoms with Gasteiger partial charge in [-0.15, -0.1) is 0 Å². The Kier molecular flexibility index (Phi) is 6.26. The van der Waals surface area contributed by atoms with Crippen molar-refractivity contribution in [2.45, 2.75) is 44.7 Å². The highest BCUT2D eigenvalue weighted by atomic mass is 35.5. The monoisotopic (exact) mass is 414 g/mol. The maximum atomic E-state index is 12.4. The minimum Gasteiger partial charge on any atom is -0.454 e. The van der Waals surface area contributed by atoms with E-state index in [0.717, 1.165) is 37.2 Å². The molecule has 154 valence electrons. The minimum atomic E-state index is 0.246. The van der Waals surface area contributed by atoms with Crippen LogP contribution in [-0.2, 0) is 11.3 Å². The van der Waals surface area contributed by atoms with Crippen LogP contribution in [0.5, 0.6) is 11.5 Å². The highest BCUT2D eigenvalue weighted by Crippen LogP contribution is 2.36. The van der Waals surface area contributed by atoms with E-state index < -0.39 is 0 Å². The summed E-state index contributed by atoms with van der Waals surface area (Å²) in [5, 5.41) is 4.14. The molecule has 2 aliphatic heterocycles. The van der Waals surface area contributed by atoms with E-state index in [1.165, 1.54) is 5.56 Å². The number of carbonyl (C=O) groups is 1. The fourth-order valence-corrected chi connectivity index (χ4v) is 4.33. The Balaban J connectivity index is 1.28. The van der Waals surface area contributed by atoms with Crippen LogP contribution in [0.1, 0.15) is 43.2 Å². The summed E-state index contributed by atoms with van der Waals surface area (Å²) in [5.41, 5.74) is 2.27. The highest BCUT2D eigenvalue weighted by molar-refractivity contribution is 6.31. The van der Waals surface area contributed by atoms with E-state index in [0.29, 0.717) is 35.7 Å². The van der Waals surface area contributed by atoms with Crippen LogP contribution in [0.2, 0.25) is 5.02 Å². The van der Waals surface area contributed by atoms with E-state index in [9.17, 15) is 4.79 Å². The molecule has 0 spiro atoms. The van der Waals surface area contributed by atoms with Crippen molar-refractivity contribution in [1.82, 2.24) is 10.2 Å². The smallest absolute Gasteiger partial charge is 0.231 e. The molecule has 0 unspecified atom stereocenters. The van der Waals surface area contributed by atoms with Crippen LogP contribution < -0.4 is 14.8 Å². The standard InChI is InChI=1S/C23H27ClN2O3/c1-16(17-5-3-2-4-6-17)14-26-19(7-8-23(26)27)9-10-25-13-18-11-21-22(12-20(18)24)29-15-28-21/h2-6,11-12,16,19,25H,7-10,13-15H2,1H3/t16-,19-/m1/s1. The molecular formula is C23H27ClN2O3. The second-order valence-electron chi connectivity index (χ2n) is 7.81. The SMILES string of the molecule is C[C@H](CN1C(=O)CC[C@@H]1CCNCc1cc2c(cc1Cl)OCO2)c1ccccc1. The van der Waals surface area contributed by atoms with Crippen LogP contribution in [-0.4, -0.2) is 36.7 Å². The Hall–Kier alpha value is -2.24. The molecule has 0 bridgehead atoms. The summed E-state index contributed by atoms with van der Waals surface area (Å²) in [6, 6.07) is 14.5. The molecule has 1 amide bonds. The van der Waals surface area contributed by atoms with Crippen molar-refractivity contribution >= 4 is 17.5 Å². The summed E-state index contributed by atoms with van der Waals surface area (Å²) in [7, 11) is 0. The number of rotatable bonds is 8. The molecule has 0 saturated carbocycles. The molecular weight excluding hydrogens is 388 g/mol. The number of nitrogens with zero attached hydrogens (tertiary/aromatic N) is 1. The van der Waals surface area contributed by atoms with Gasteiger partial charge < -0.3 is 19.7 Å². The lowest BCUT2D eigenvalue weighted by Crippen LogP contribution is -2.37. The summed E-state index contributed by atoms with van der Waals surface area (Å²) in [5.74, 6) is 2.05. The molecule has 1 saturated heterocycles. The van der Waals surface area contributed by atoms with Crippen molar-refractivity contribution in [3.05, 3.63) is 58.6 Å². The van der Waals surface area contributed by atoms with Gasteiger partial charge >= 0.3 is 0 Å². The number of carbonyl (C=O) groups excluding carboxylic acids is 1. The number of hydrogen-bond acceptors (Lipinski definition) is 4. The largest absolute Gasteiger partial charge is 0.454 e. The first-order valence-electron chi connectivity index (χ1n) is 10.2. The third-order valence-electron chi connectivity index (χ3n) is 5.80. The average Bonchev–Trinajstić information content (AvgIpc) is 3.32. The quantitative estimate of drug-likeness (QED) is 0.653. The first-order valence-corrected chi connectivity index (χ1v) is 10.6. The van der Waals surface area contributed by atoms with E-state index in [1.54, 1.807) is 0 Å². The van der Waals surface area contributed by atoms with Gasteiger partial charge in [-0.3, -0.25) is 4.79 Å². The van der Waals surface area contributed by atoms with Gasteiger partial charge in [0.25, 0.3) is 0 Å². The van der Waals surface area contributed by atoms with E-state index in [-0.39, 0.29) is 12.7 Å². The molecule has 5 nitrogen and oxygen atoms in total. The third-order valence-corrected chi connectivity index (χ3v) is 6.15. The van der Waals surface area contributed by atoms with E-state index in [1.807, 2.05) is 18.2 Å². The van der Waals surface area contributed by atoms with Gasteiger partial charge in [0.15, 0.2) is 11.5 Å². The number of benzene rings is 2.